The third-order valence-electron chi connectivity index (χ3n) is 3.60. The highest BCUT2D eigenvalue weighted by molar-refractivity contribution is 5.29. The molecule has 1 unspecified atom stereocenters. The summed E-state index contributed by atoms with van der Waals surface area (Å²) in [5.74, 6) is -1.48. The second-order valence-corrected chi connectivity index (χ2v) is 5.30. The SMILES string of the molecule is CCCNC(Cc1ccccc1)c1ccc(C)c(F)c1F. The second-order valence-electron chi connectivity index (χ2n) is 5.30. The zero-order valence-corrected chi connectivity index (χ0v) is 12.5. The van der Waals surface area contributed by atoms with Crippen LogP contribution in [0.1, 0.15) is 36.1 Å². The first-order chi connectivity index (χ1) is 10.1. The molecule has 112 valence electrons. The predicted octanol–water partition coefficient (Wildman–Crippen LogP) is 4.56. The monoisotopic (exact) mass is 289 g/mol. The lowest BCUT2D eigenvalue weighted by Gasteiger charge is -2.20. The highest BCUT2D eigenvalue weighted by atomic mass is 19.2. The van der Waals surface area contributed by atoms with Gasteiger partial charge < -0.3 is 5.32 Å². The average molecular weight is 289 g/mol. The van der Waals surface area contributed by atoms with E-state index < -0.39 is 11.6 Å². The van der Waals surface area contributed by atoms with Crippen LogP contribution in [0.5, 0.6) is 0 Å². The molecular weight excluding hydrogens is 268 g/mol. The molecule has 0 aromatic heterocycles. The Kier molecular flexibility index (Phi) is 5.45. The summed E-state index contributed by atoms with van der Waals surface area (Å²) in [7, 11) is 0. The number of halogens is 2. The number of aryl methyl sites for hydroxylation is 1. The van der Waals surface area contributed by atoms with E-state index in [0.717, 1.165) is 18.5 Å². The van der Waals surface area contributed by atoms with Crippen molar-refractivity contribution in [3.05, 3.63) is 70.8 Å². The van der Waals surface area contributed by atoms with Crippen molar-refractivity contribution in [3.8, 4) is 0 Å². The van der Waals surface area contributed by atoms with Crippen molar-refractivity contribution < 1.29 is 8.78 Å². The van der Waals surface area contributed by atoms with Crippen molar-refractivity contribution in [2.75, 3.05) is 6.54 Å². The van der Waals surface area contributed by atoms with Crippen LogP contribution in [0.15, 0.2) is 42.5 Å². The van der Waals surface area contributed by atoms with Gasteiger partial charge in [0.2, 0.25) is 0 Å². The van der Waals surface area contributed by atoms with Gasteiger partial charge >= 0.3 is 0 Å². The van der Waals surface area contributed by atoms with Crippen molar-refractivity contribution in [2.24, 2.45) is 0 Å². The summed E-state index contributed by atoms with van der Waals surface area (Å²) in [6, 6.07) is 13.0. The van der Waals surface area contributed by atoms with E-state index in [1.807, 2.05) is 30.3 Å². The van der Waals surface area contributed by atoms with Gasteiger partial charge in [0.15, 0.2) is 11.6 Å². The number of benzene rings is 2. The fraction of sp³-hybridized carbons (Fsp3) is 0.333. The predicted molar refractivity (Wildman–Crippen MR) is 82.3 cm³/mol. The van der Waals surface area contributed by atoms with Crippen molar-refractivity contribution in [1.29, 1.82) is 0 Å². The smallest absolute Gasteiger partial charge is 0.163 e. The Morgan fingerprint density at radius 3 is 2.38 bits per heavy atom. The molecule has 0 bridgehead atoms. The highest BCUT2D eigenvalue weighted by Gasteiger charge is 2.19. The molecule has 3 heteroatoms. The minimum absolute atomic E-state index is 0.220. The van der Waals surface area contributed by atoms with Crippen molar-refractivity contribution >= 4 is 0 Å². The van der Waals surface area contributed by atoms with Gasteiger partial charge in [-0.3, -0.25) is 0 Å². The Morgan fingerprint density at radius 2 is 1.71 bits per heavy atom. The van der Waals surface area contributed by atoms with E-state index in [-0.39, 0.29) is 6.04 Å². The molecule has 0 amide bonds. The maximum atomic E-state index is 14.2. The number of rotatable bonds is 6. The topological polar surface area (TPSA) is 12.0 Å². The fourth-order valence-corrected chi connectivity index (χ4v) is 2.39. The van der Waals surface area contributed by atoms with E-state index in [1.54, 1.807) is 19.1 Å². The summed E-state index contributed by atoms with van der Waals surface area (Å²) in [5, 5.41) is 3.32. The zero-order valence-electron chi connectivity index (χ0n) is 12.5. The molecule has 2 aromatic rings. The standard InChI is InChI=1S/C18H21F2N/c1-3-11-21-16(12-14-7-5-4-6-8-14)15-10-9-13(2)17(19)18(15)20/h4-10,16,21H,3,11-12H2,1-2H3. The molecule has 0 aliphatic heterocycles. The number of nitrogens with one attached hydrogen (secondary N) is 1. The minimum atomic E-state index is -0.746. The van der Waals surface area contributed by atoms with Crippen LogP contribution in [0.25, 0.3) is 0 Å². The Labute approximate surface area is 125 Å². The van der Waals surface area contributed by atoms with Crippen LogP contribution in [-0.2, 0) is 6.42 Å². The van der Waals surface area contributed by atoms with E-state index in [1.165, 1.54) is 0 Å². The van der Waals surface area contributed by atoms with Crippen molar-refractivity contribution in [1.82, 2.24) is 5.32 Å². The van der Waals surface area contributed by atoms with E-state index in [0.29, 0.717) is 17.5 Å². The Morgan fingerprint density at radius 1 is 1.00 bits per heavy atom. The molecule has 0 fully saturated rings. The molecule has 0 saturated heterocycles. The van der Waals surface area contributed by atoms with Gasteiger partial charge in [0.25, 0.3) is 0 Å². The lowest BCUT2D eigenvalue weighted by atomic mass is 9.97. The Bertz CT molecular complexity index is 581. The summed E-state index contributed by atoms with van der Waals surface area (Å²) in [6.07, 6.45) is 1.58. The van der Waals surface area contributed by atoms with Gasteiger partial charge in [0, 0.05) is 11.6 Å². The average Bonchev–Trinajstić information content (AvgIpc) is 2.51. The van der Waals surface area contributed by atoms with Crippen LogP contribution < -0.4 is 5.32 Å². The van der Waals surface area contributed by atoms with Crippen LogP contribution in [0.4, 0.5) is 8.78 Å². The molecule has 0 saturated carbocycles. The minimum Gasteiger partial charge on any atom is -0.310 e. The summed E-state index contributed by atoms with van der Waals surface area (Å²) in [4.78, 5) is 0. The van der Waals surface area contributed by atoms with Crippen LogP contribution in [0.3, 0.4) is 0 Å². The van der Waals surface area contributed by atoms with E-state index in [4.69, 9.17) is 0 Å². The largest absolute Gasteiger partial charge is 0.310 e. The molecule has 1 nitrogen and oxygen atoms in total. The maximum absolute atomic E-state index is 14.2. The first-order valence-electron chi connectivity index (χ1n) is 7.35. The molecule has 0 spiro atoms. The number of hydrogen-bond acceptors (Lipinski definition) is 1. The van der Waals surface area contributed by atoms with Gasteiger partial charge in [-0.05, 0) is 37.4 Å². The molecule has 0 heterocycles. The molecule has 0 aliphatic carbocycles. The molecular formula is C18H21F2N. The van der Waals surface area contributed by atoms with E-state index in [2.05, 4.69) is 12.2 Å². The molecule has 2 rings (SSSR count). The van der Waals surface area contributed by atoms with Gasteiger partial charge in [0.05, 0.1) is 0 Å². The Balaban J connectivity index is 2.29. The van der Waals surface area contributed by atoms with E-state index in [9.17, 15) is 8.78 Å². The molecule has 1 atom stereocenters. The highest BCUT2D eigenvalue weighted by Crippen LogP contribution is 2.24. The summed E-state index contributed by atoms with van der Waals surface area (Å²) >= 11 is 0. The van der Waals surface area contributed by atoms with Gasteiger partial charge in [-0.2, -0.15) is 0 Å². The molecule has 0 radical (unpaired) electrons. The summed E-state index contributed by atoms with van der Waals surface area (Å²) in [5.41, 5.74) is 1.84. The lowest BCUT2D eigenvalue weighted by Crippen LogP contribution is -2.25. The van der Waals surface area contributed by atoms with Gasteiger partial charge in [-0.1, -0.05) is 49.4 Å². The normalized spacial score (nSPS) is 12.4. The first-order valence-corrected chi connectivity index (χ1v) is 7.35. The van der Waals surface area contributed by atoms with Gasteiger partial charge in [-0.15, -0.1) is 0 Å². The van der Waals surface area contributed by atoms with Gasteiger partial charge in [-0.25, -0.2) is 8.78 Å². The van der Waals surface area contributed by atoms with Crippen LogP contribution in [0, 0.1) is 18.6 Å². The fourth-order valence-electron chi connectivity index (χ4n) is 2.39. The molecule has 2 aromatic carbocycles. The van der Waals surface area contributed by atoms with Crippen LogP contribution in [-0.4, -0.2) is 6.54 Å². The first kappa shape index (κ1) is 15.6. The molecule has 0 aliphatic rings. The summed E-state index contributed by atoms with van der Waals surface area (Å²) in [6.45, 7) is 4.40. The molecule has 1 N–H and O–H groups in total. The third kappa shape index (κ3) is 3.88. The van der Waals surface area contributed by atoms with Gasteiger partial charge in [0.1, 0.15) is 0 Å². The maximum Gasteiger partial charge on any atom is 0.163 e. The molecule has 21 heavy (non-hydrogen) atoms. The third-order valence-corrected chi connectivity index (χ3v) is 3.60. The van der Waals surface area contributed by atoms with Crippen LogP contribution in [0.2, 0.25) is 0 Å². The van der Waals surface area contributed by atoms with Crippen molar-refractivity contribution in [2.45, 2.75) is 32.7 Å². The van der Waals surface area contributed by atoms with Crippen molar-refractivity contribution in [3.63, 3.8) is 0 Å². The number of hydrogen-bond donors (Lipinski definition) is 1. The zero-order chi connectivity index (χ0) is 15.2. The Hall–Kier alpha value is -1.74. The van der Waals surface area contributed by atoms with Crippen LogP contribution >= 0.6 is 0 Å². The second kappa shape index (κ2) is 7.32. The quantitative estimate of drug-likeness (QED) is 0.822. The van der Waals surface area contributed by atoms with E-state index >= 15 is 0 Å². The lowest BCUT2D eigenvalue weighted by molar-refractivity contribution is 0.456. The summed E-state index contributed by atoms with van der Waals surface area (Å²) < 4.78 is 28.0.